The molecule has 0 saturated carbocycles. The second-order valence-electron chi connectivity index (χ2n) is 4.22. The van der Waals surface area contributed by atoms with Gasteiger partial charge in [0.25, 0.3) is 0 Å². The fourth-order valence-corrected chi connectivity index (χ4v) is 3.89. The third kappa shape index (κ3) is 4.25. The summed E-state index contributed by atoms with van der Waals surface area (Å²) in [5.41, 5.74) is 0.506. The lowest BCUT2D eigenvalue weighted by molar-refractivity contribution is 0.102. The van der Waals surface area contributed by atoms with E-state index in [1.807, 2.05) is 6.07 Å². The number of carbonyl (C=O) groups is 1. The summed E-state index contributed by atoms with van der Waals surface area (Å²) >= 11 is 6.66. The minimum absolute atomic E-state index is 0.0464. The highest BCUT2D eigenvalue weighted by Gasteiger charge is 2.14. The van der Waals surface area contributed by atoms with Gasteiger partial charge in [-0.05, 0) is 52.3 Å². The molecule has 0 saturated heterocycles. The summed E-state index contributed by atoms with van der Waals surface area (Å²) in [6.45, 7) is 0. The average molecular weight is 432 g/mol. The van der Waals surface area contributed by atoms with Gasteiger partial charge < -0.3 is 4.74 Å². The van der Waals surface area contributed by atoms with E-state index < -0.39 is 10.8 Å². The smallest absolute Gasteiger partial charge is 0.175 e. The molecule has 0 aliphatic carbocycles. The van der Waals surface area contributed by atoms with Crippen molar-refractivity contribution in [2.75, 3.05) is 12.9 Å². The van der Waals surface area contributed by atoms with Gasteiger partial charge in [0.1, 0.15) is 5.75 Å². The third-order valence-electron chi connectivity index (χ3n) is 2.79. The maximum atomic E-state index is 12.2. The highest BCUT2D eigenvalue weighted by Crippen LogP contribution is 2.26. The van der Waals surface area contributed by atoms with Crippen LogP contribution >= 0.6 is 31.9 Å². The molecule has 0 radical (unpaired) electrons. The number of benzene rings is 2. The summed E-state index contributed by atoms with van der Waals surface area (Å²) in [7, 11) is 0.195. The number of hydrogen-bond donors (Lipinski definition) is 0. The summed E-state index contributed by atoms with van der Waals surface area (Å²) in [6, 6.07) is 12.2. The lowest BCUT2D eigenvalue weighted by Gasteiger charge is -2.06. The minimum atomic E-state index is -1.36. The van der Waals surface area contributed by atoms with Crippen LogP contribution < -0.4 is 4.74 Å². The summed E-state index contributed by atoms with van der Waals surface area (Å²) in [5, 5.41) is 0. The van der Waals surface area contributed by atoms with E-state index in [1.165, 1.54) is 0 Å². The van der Waals surface area contributed by atoms with Gasteiger partial charge in [-0.2, -0.15) is 0 Å². The van der Waals surface area contributed by atoms with Crippen molar-refractivity contribution in [1.82, 2.24) is 0 Å². The molecular weight excluding hydrogens is 420 g/mol. The van der Waals surface area contributed by atoms with Gasteiger partial charge in [-0.15, -0.1) is 0 Å². The highest BCUT2D eigenvalue weighted by molar-refractivity contribution is 9.10. The lowest BCUT2D eigenvalue weighted by atomic mass is 10.1. The van der Waals surface area contributed by atoms with Gasteiger partial charge in [0.15, 0.2) is 5.78 Å². The van der Waals surface area contributed by atoms with Crippen LogP contribution in [0.15, 0.2) is 56.3 Å². The molecule has 2 aromatic rings. The lowest BCUT2D eigenvalue weighted by Crippen LogP contribution is -2.11. The van der Waals surface area contributed by atoms with Crippen LogP contribution in [-0.2, 0) is 10.8 Å². The van der Waals surface area contributed by atoms with Crippen LogP contribution in [0.5, 0.6) is 5.75 Å². The largest absolute Gasteiger partial charge is 0.496 e. The number of Topliss-reactive ketones (excluding diaryl/α,β-unsaturated/α-hetero) is 1. The Bertz CT molecular complexity index is 701. The number of ketones is 1. The Morgan fingerprint density at radius 3 is 2.57 bits per heavy atom. The Hall–Kier alpha value is -0.980. The molecule has 0 amide bonds. The van der Waals surface area contributed by atoms with Crippen molar-refractivity contribution in [3.63, 3.8) is 0 Å². The maximum Gasteiger partial charge on any atom is 0.175 e. The minimum Gasteiger partial charge on any atom is -0.496 e. The van der Waals surface area contributed by atoms with Crippen molar-refractivity contribution in [2.45, 2.75) is 4.90 Å². The van der Waals surface area contributed by atoms with Crippen molar-refractivity contribution in [3.05, 3.63) is 57.0 Å². The van der Waals surface area contributed by atoms with Gasteiger partial charge in [-0.3, -0.25) is 9.00 Å². The van der Waals surface area contributed by atoms with Crippen molar-refractivity contribution >= 4 is 48.4 Å². The van der Waals surface area contributed by atoms with Crippen molar-refractivity contribution in [1.29, 1.82) is 0 Å². The Kier molecular flexibility index (Phi) is 5.72. The van der Waals surface area contributed by atoms with E-state index in [2.05, 4.69) is 31.9 Å². The molecule has 0 aliphatic rings. The molecule has 0 aromatic heterocycles. The number of methoxy groups -OCH3 is 1. The molecule has 21 heavy (non-hydrogen) atoms. The van der Waals surface area contributed by atoms with E-state index in [9.17, 15) is 9.00 Å². The van der Waals surface area contributed by atoms with Crippen LogP contribution in [0.1, 0.15) is 10.4 Å². The summed E-state index contributed by atoms with van der Waals surface area (Å²) in [6.07, 6.45) is 0. The first kappa shape index (κ1) is 16.4. The van der Waals surface area contributed by atoms with Gasteiger partial charge in [0, 0.05) is 14.9 Å². The molecule has 0 heterocycles. The van der Waals surface area contributed by atoms with Gasteiger partial charge in [0.2, 0.25) is 0 Å². The first-order chi connectivity index (χ1) is 10.0. The van der Waals surface area contributed by atoms with Gasteiger partial charge >= 0.3 is 0 Å². The molecule has 2 rings (SSSR count). The zero-order valence-electron chi connectivity index (χ0n) is 11.1. The van der Waals surface area contributed by atoms with Crippen LogP contribution in [0.3, 0.4) is 0 Å². The van der Waals surface area contributed by atoms with Crippen molar-refractivity contribution in [3.8, 4) is 5.75 Å². The number of halogens is 2. The molecule has 3 nitrogen and oxygen atoms in total. The van der Waals surface area contributed by atoms with E-state index in [-0.39, 0.29) is 11.5 Å². The second kappa shape index (κ2) is 7.33. The monoisotopic (exact) mass is 430 g/mol. The fourth-order valence-electron chi connectivity index (χ4n) is 1.73. The molecule has 0 aliphatic heterocycles. The van der Waals surface area contributed by atoms with E-state index in [0.717, 1.165) is 4.47 Å². The number of hydrogen-bond acceptors (Lipinski definition) is 3. The van der Waals surface area contributed by atoms with Crippen LogP contribution in [0, 0.1) is 0 Å². The first-order valence-corrected chi connectivity index (χ1v) is 8.92. The molecule has 0 spiro atoms. The maximum absolute atomic E-state index is 12.2. The van der Waals surface area contributed by atoms with E-state index >= 15 is 0 Å². The Morgan fingerprint density at radius 1 is 1.19 bits per heavy atom. The molecule has 0 N–H and O–H groups in total. The van der Waals surface area contributed by atoms with Gasteiger partial charge in [-0.1, -0.05) is 22.0 Å². The predicted molar refractivity (Wildman–Crippen MR) is 90.4 cm³/mol. The molecule has 1 atom stereocenters. The summed E-state index contributed by atoms with van der Waals surface area (Å²) in [4.78, 5) is 12.8. The number of carbonyl (C=O) groups excluding carboxylic acids is 1. The quantitative estimate of drug-likeness (QED) is 0.666. The molecule has 2 aromatic carbocycles. The third-order valence-corrected chi connectivity index (χ3v) is 5.21. The van der Waals surface area contributed by atoms with Crippen LogP contribution in [0.25, 0.3) is 0 Å². The van der Waals surface area contributed by atoms with Crippen LogP contribution in [-0.4, -0.2) is 22.9 Å². The summed E-state index contributed by atoms with van der Waals surface area (Å²) < 4.78 is 18.9. The van der Waals surface area contributed by atoms with Crippen molar-refractivity contribution < 1.29 is 13.7 Å². The SMILES string of the molecule is COc1ccc(C(=O)CS(=O)c2cccc(Br)c2)cc1Br. The van der Waals surface area contributed by atoms with Crippen LogP contribution in [0.2, 0.25) is 0 Å². The van der Waals surface area contributed by atoms with Gasteiger partial charge in [0.05, 0.1) is 28.1 Å². The molecule has 0 fully saturated rings. The second-order valence-corrected chi connectivity index (χ2v) is 7.44. The molecule has 110 valence electrons. The zero-order chi connectivity index (χ0) is 15.4. The fraction of sp³-hybridized carbons (Fsp3) is 0.133. The van der Waals surface area contributed by atoms with Crippen molar-refractivity contribution in [2.24, 2.45) is 0 Å². The molecule has 6 heteroatoms. The zero-order valence-corrected chi connectivity index (χ0v) is 15.1. The summed E-state index contributed by atoms with van der Waals surface area (Å²) in [5.74, 6) is 0.436. The Balaban J connectivity index is 2.14. The Labute approximate surface area is 142 Å². The highest BCUT2D eigenvalue weighted by atomic mass is 79.9. The van der Waals surface area contributed by atoms with Crippen LogP contribution in [0.4, 0.5) is 0 Å². The van der Waals surface area contributed by atoms with E-state index in [0.29, 0.717) is 20.7 Å². The number of ether oxygens (including phenoxy) is 1. The average Bonchev–Trinajstić information content (AvgIpc) is 2.47. The normalized spacial score (nSPS) is 12.0. The van der Waals surface area contributed by atoms with E-state index in [1.54, 1.807) is 43.5 Å². The first-order valence-electron chi connectivity index (χ1n) is 6.02. The van der Waals surface area contributed by atoms with Gasteiger partial charge in [-0.25, -0.2) is 0 Å². The Morgan fingerprint density at radius 2 is 1.95 bits per heavy atom. The predicted octanol–water partition coefficient (Wildman–Crippen LogP) is 4.21. The topological polar surface area (TPSA) is 43.4 Å². The van der Waals surface area contributed by atoms with E-state index in [4.69, 9.17) is 4.74 Å². The molecular formula is C15H12Br2O3S. The molecule has 0 bridgehead atoms. The standard InChI is InChI=1S/C15H12Br2O3S/c1-20-15-6-5-10(7-13(15)17)14(18)9-21(19)12-4-2-3-11(16)8-12/h2-8H,9H2,1H3. The number of rotatable bonds is 5. The molecule has 1 unspecified atom stereocenters.